The van der Waals surface area contributed by atoms with Crippen LogP contribution in [0.4, 0.5) is 6.01 Å². The van der Waals surface area contributed by atoms with Crippen LogP contribution in [-0.4, -0.2) is 17.3 Å². The van der Waals surface area contributed by atoms with Gasteiger partial charge in [0.25, 0.3) is 0 Å². The molecule has 0 aliphatic heterocycles. The van der Waals surface area contributed by atoms with Gasteiger partial charge in [-0.1, -0.05) is 47.6 Å². The molecule has 1 heterocycles. The van der Waals surface area contributed by atoms with Crippen LogP contribution in [-0.2, 0) is 6.54 Å². The largest absolute Gasteiger partial charge is 0.497 e. The second-order valence-corrected chi connectivity index (χ2v) is 4.49. The van der Waals surface area contributed by atoms with E-state index in [1.165, 1.54) is 0 Å². The van der Waals surface area contributed by atoms with Gasteiger partial charge in [0.1, 0.15) is 5.75 Å². The van der Waals surface area contributed by atoms with Gasteiger partial charge in [0.05, 0.1) is 7.11 Å². The molecule has 3 aromatic rings. The minimum Gasteiger partial charge on any atom is -0.497 e. The normalized spacial score (nSPS) is 10.3. The number of rotatable bonds is 5. The molecule has 2 aromatic carbocycles. The number of methoxy groups -OCH3 is 1. The first kappa shape index (κ1) is 13.2. The number of nitrogens with zero attached hydrogens (tertiary/aromatic N) is 2. The first-order valence-electron chi connectivity index (χ1n) is 6.61. The van der Waals surface area contributed by atoms with Crippen molar-refractivity contribution in [2.45, 2.75) is 6.54 Å². The molecule has 0 aliphatic rings. The van der Waals surface area contributed by atoms with Gasteiger partial charge in [0.15, 0.2) is 0 Å². The number of ether oxygens (including phenoxy) is 1. The molecule has 0 amide bonds. The Morgan fingerprint density at radius 3 is 2.76 bits per heavy atom. The second kappa shape index (κ2) is 6.09. The molecule has 0 fully saturated rings. The van der Waals surface area contributed by atoms with E-state index in [2.05, 4.69) is 15.5 Å². The van der Waals surface area contributed by atoms with E-state index in [0.717, 1.165) is 16.9 Å². The Morgan fingerprint density at radius 1 is 1.10 bits per heavy atom. The summed E-state index contributed by atoms with van der Waals surface area (Å²) in [5.74, 6) is 1.29. The van der Waals surface area contributed by atoms with E-state index in [-0.39, 0.29) is 0 Å². The maximum absolute atomic E-state index is 5.20. The van der Waals surface area contributed by atoms with E-state index in [0.29, 0.717) is 18.4 Å². The van der Waals surface area contributed by atoms with E-state index < -0.39 is 0 Å². The molecule has 0 bridgehead atoms. The lowest BCUT2D eigenvalue weighted by Gasteiger charge is -2.00. The SMILES string of the molecule is COc1cccc(-c2noc(NCc3ccccc3)n2)c1. The van der Waals surface area contributed by atoms with Gasteiger partial charge in [-0.05, 0) is 17.7 Å². The molecule has 3 rings (SSSR count). The maximum atomic E-state index is 5.20. The van der Waals surface area contributed by atoms with Crippen LogP contribution >= 0.6 is 0 Å². The second-order valence-electron chi connectivity index (χ2n) is 4.49. The molecule has 0 aliphatic carbocycles. The molecule has 0 saturated heterocycles. The zero-order valence-corrected chi connectivity index (χ0v) is 11.6. The Bertz CT molecular complexity index is 710. The van der Waals surface area contributed by atoms with Gasteiger partial charge < -0.3 is 14.6 Å². The smallest absolute Gasteiger partial charge is 0.322 e. The summed E-state index contributed by atoms with van der Waals surface area (Å²) >= 11 is 0. The van der Waals surface area contributed by atoms with Gasteiger partial charge in [0, 0.05) is 12.1 Å². The van der Waals surface area contributed by atoms with Gasteiger partial charge in [-0.3, -0.25) is 0 Å². The fraction of sp³-hybridized carbons (Fsp3) is 0.125. The average Bonchev–Trinajstić information content (AvgIpc) is 3.03. The molecule has 0 spiro atoms. The summed E-state index contributed by atoms with van der Waals surface area (Å²) in [5.41, 5.74) is 2.00. The Kier molecular flexibility index (Phi) is 3.82. The number of benzene rings is 2. The monoisotopic (exact) mass is 281 g/mol. The lowest BCUT2D eigenvalue weighted by Crippen LogP contribution is -1.99. The van der Waals surface area contributed by atoms with Crippen molar-refractivity contribution in [3.63, 3.8) is 0 Å². The highest BCUT2D eigenvalue weighted by Crippen LogP contribution is 2.22. The quantitative estimate of drug-likeness (QED) is 0.777. The maximum Gasteiger partial charge on any atom is 0.322 e. The predicted molar refractivity (Wildman–Crippen MR) is 80.1 cm³/mol. The summed E-state index contributed by atoms with van der Waals surface area (Å²) in [4.78, 5) is 4.33. The molecule has 0 saturated carbocycles. The summed E-state index contributed by atoms with van der Waals surface area (Å²) in [6.45, 7) is 0.639. The Morgan fingerprint density at radius 2 is 1.95 bits per heavy atom. The summed E-state index contributed by atoms with van der Waals surface area (Å²) in [7, 11) is 1.63. The highest BCUT2D eigenvalue weighted by Gasteiger charge is 2.08. The van der Waals surface area contributed by atoms with E-state index in [9.17, 15) is 0 Å². The molecular formula is C16H15N3O2. The molecule has 0 atom stereocenters. The van der Waals surface area contributed by atoms with Crippen LogP contribution in [0.3, 0.4) is 0 Å². The fourth-order valence-corrected chi connectivity index (χ4v) is 1.95. The van der Waals surface area contributed by atoms with Crippen LogP contribution < -0.4 is 10.1 Å². The molecule has 0 radical (unpaired) electrons. The minimum atomic E-state index is 0.400. The van der Waals surface area contributed by atoms with Gasteiger partial charge in [-0.15, -0.1) is 0 Å². The lowest BCUT2D eigenvalue weighted by molar-refractivity contribution is 0.414. The molecular weight excluding hydrogens is 266 g/mol. The number of hydrogen-bond donors (Lipinski definition) is 1. The zero-order valence-electron chi connectivity index (χ0n) is 11.6. The summed E-state index contributed by atoms with van der Waals surface area (Å²) in [5, 5.41) is 7.08. The fourth-order valence-electron chi connectivity index (χ4n) is 1.95. The molecule has 1 aromatic heterocycles. The Hall–Kier alpha value is -2.82. The average molecular weight is 281 g/mol. The molecule has 5 nitrogen and oxygen atoms in total. The number of nitrogens with one attached hydrogen (secondary N) is 1. The van der Waals surface area contributed by atoms with Crippen LogP contribution in [0, 0.1) is 0 Å². The van der Waals surface area contributed by atoms with Crippen LogP contribution in [0.1, 0.15) is 5.56 Å². The third-order valence-corrected chi connectivity index (χ3v) is 3.04. The van der Waals surface area contributed by atoms with Crippen LogP contribution in [0.5, 0.6) is 5.75 Å². The van der Waals surface area contributed by atoms with Crippen molar-refractivity contribution in [2.24, 2.45) is 0 Å². The summed E-state index contributed by atoms with van der Waals surface area (Å²) in [6, 6.07) is 18.0. The van der Waals surface area contributed by atoms with Crippen LogP contribution in [0.15, 0.2) is 59.1 Å². The molecule has 106 valence electrons. The number of anilines is 1. The predicted octanol–water partition coefficient (Wildman–Crippen LogP) is 3.36. The third-order valence-electron chi connectivity index (χ3n) is 3.04. The molecule has 21 heavy (non-hydrogen) atoms. The van der Waals surface area contributed by atoms with E-state index >= 15 is 0 Å². The molecule has 0 unspecified atom stereocenters. The topological polar surface area (TPSA) is 60.2 Å². The highest BCUT2D eigenvalue weighted by molar-refractivity contribution is 5.57. The van der Waals surface area contributed by atoms with Crippen molar-refractivity contribution in [1.29, 1.82) is 0 Å². The third kappa shape index (κ3) is 3.20. The number of aromatic nitrogens is 2. The van der Waals surface area contributed by atoms with Crippen LogP contribution in [0.2, 0.25) is 0 Å². The van der Waals surface area contributed by atoms with Gasteiger partial charge in [0.2, 0.25) is 5.82 Å². The van der Waals surface area contributed by atoms with Gasteiger partial charge in [-0.2, -0.15) is 4.98 Å². The van der Waals surface area contributed by atoms with Gasteiger partial charge >= 0.3 is 6.01 Å². The van der Waals surface area contributed by atoms with Crippen molar-refractivity contribution < 1.29 is 9.26 Å². The first-order valence-corrected chi connectivity index (χ1v) is 6.61. The van der Waals surface area contributed by atoms with Crippen molar-refractivity contribution >= 4 is 6.01 Å². The Balaban J connectivity index is 1.71. The number of hydrogen-bond acceptors (Lipinski definition) is 5. The Labute approximate surface area is 122 Å². The van der Waals surface area contributed by atoms with E-state index in [1.54, 1.807) is 7.11 Å². The van der Waals surface area contributed by atoms with E-state index in [4.69, 9.17) is 9.26 Å². The molecule has 1 N–H and O–H groups in total. The molecule has 5 heteroatoms. The summed E-state index contributed by atoms with van der Waals surface area (Å²) in [6.07, 6.45) is 0. The standard InChI is InChI=1S/C16H15N3O2/c1-20-14-9-5-8-13(10-14)15-18-16(21-19-15)17-11-12-6-3-2-4-7-12/h2-10H,11H2,1H3,(H,17,18,19). The zero-order chi connectivity index (χ0) is 14.5. The first-order chi connectivity index (χ1) is 10.3. The van der Waals surface area contributed by atoms with Crippen LogP contribution in [0.25, 0.3) is 11.4 Å². The van der Waals surface area contributed by atoms with Crippen molar-refractivity contribution in [1.82, 2.24) is 10.1 Å². The van der Waals surface area contributed by atoms with Crippen molar-refractivity contribution in [2.75, 3.05) is 12.4 Å². The lowest BCUT2D eigenvalue weighted by atomic mass is 10.2. The highest BCUT2D eigenvalue weighted by atomic mass is 16.5. The van der Waals surface area contributed by atoms with Gasteiger partial charge in [-0.25, -0.2) is 0 Å². The van der Waals surface area contributed by atoms with Crippen molar-refractivity contribution in [3.05, 3.63) is 60.2 Å². The van der Waals surface area contributed by atoms with Crippen molar-refractivity contribution in [3.8, 4) is 17.1 Å². The minimum absolute atomic E-state index is 0.400. The summed E-state index contributed by atoms with van der Waals surface area (Å²) < 4.78 is 10.4. The van der Waals surface area contributed by atoms with E-state index in [1.807, 2.05) is 54.6 Å².